The van der Waals surface area contributed by atoms with Gasteiger partial charge in [-0.05, 0) is 74.1 Å². The molecule has 1 saturated carbocycles. The van der Waals surface area contributed by atoms with E-state index in [1.165, 1.54) is 24.3 Å². The highest BCUT2D eigenvalue weighted by atomic mass is 35.5. The van der Waals surface area contributed by atoms with E-state index in [-0.39, 0.29) is 48.5 Å². The third-order valence-electron chi connectivity index (χ3n) is 5.43. The Bertz CT molecular complexity index is 982. The second kappa shape index (κ2) is 7.79. The molecule has 1 N–H and O–H groups in total. The van der Waals surface area contributed by atoms with Crippen molar-refractivity contribution < 1.29 is 27.1 Å². The molecule has 0 bridgehead atoms. The van der Waals surface area contributed by atoms with E-state index in [9.17, 15) is 22.0 Å². The summed E-state index contributed by atoms with van der Waals surface area (Å²) in [4.78, 5) is 11.0. The van der Waals surface area contributed by atoms with E-state index in [1.807, 2.05) is 0 Å². The molecule has 1 aliphatic rings. The number of benzene rings is 2. The molecule has 0 unspecified atom stereocenters. The number of hydrogen-bond donors (Lipinski definition) is 1. The molecule has 0 atom stereocenters. The Labute approximate surface area is 167 Å². The average molecular weight is 429 g/mol. The van der Waals surface area contributed by atoms with Crippen molar-refractivity contribution in [3.05, 3.63) is 64.7 Å². The molecule has 0 aliphatic heterocycles. The monoisotopic (exact) mass is 428 g/mol. The molecule has 4 nitrogen and oxygen atoms in total. The summed E-state index contributed by atoms with van der Waals surface area (Å²) in [6.07, 6.45) is 0.513. The molecule has 1 fully saturated rings. The number of aliphatic carboxylic acids is 1. The molecular weight excluding hydrogens is 410 g/mol. The van der Waals surface area contributed by atoms with Crippen molar-refractivity contribution in [3.63, 3.8) is 0 Å². The molecule has 0 amide bonds. The van der Waals surface area contributed by atoms with E-state index in [4.69, 9.17) is 16.7 Å². The molecule has 0 heterocycles. The number of carbonyl (C=O) groups is 1. The van der Waals surface area contributed by atoms with Crippen LogP contribution < -0.4 is 0 Å². The maximum absolute atomic E-state index is 14.7. The Morgan fingerprint density at radius 1 is 1.11 bits per heavy atom. The van der Waals surface area contributed by atoms with Gasteiger partial charge in [0.2, 0.25) is 0 Å². The van der Waals surface area contributed by atoms with Crippen LogP contribution in [-0.4, -0.2) is 19.5 Å². The van der Waals surface area contributed by atoms with Gasteiger partial charge in [0.15, 0.2) is 9.84 Å². The Morgan fingerprint density at radius 3 is 2.29 bits per heavy atom. The SMILES string of the molecule is O=C(O)C[C@H]1CC[C@](c2cc(F)ccc2F)(S(=O)(=O)c2ccc(Cl)cc2)CC1. The summed E-state index contributed by atoms with van der Waals surface area (Å²) in [5.74, 6) is -2.69. The van der Waals surface area contributed by atoms with Gasteiger partial charge in [0, 0.05) is 17.0 Å². The van der Waals surface area contributed by atoms with Crippen LogP contribution in [0.15, 0.2) is 47.4 Å². The zero-order chi connectivity index (χ0) is 20.5. The molecule has 28 heavy (non-hydrogen) atoms. The second-order valence-corrected chi connectivity index (χ2v) is 9.81. The molecule has 3 rings (SSSR count). The Morgan fingerprint density at radius 2 is 1.71 bits per heavy atom. The van der Waals surface area contributed by atoms with Crippen LogP contribution in [0.1, 0.15) is 37.7 Å². The van der Waals surface area contributed by atoms with Crippen LogP contribution in [0.3, 0.4) is 0 Å². The first-order valence-corrected chi connectivity index (χ1v) is 10.7. The van der Waals surface area contributed by atoms with Gasteiger partial charge in [-0.3, -0.25) is 4.79 Å². The first-order valence-electron chi connectivity index (χ1n) is 8.83. The van der Waals surface area contributed by atoms with Gasteiger partial charge < -0.3 is 5.11 Å². The Balaban J connectivity index is 2.12. The van der Waals surface area contributed by atoms with Crippen molar-refractivity contribution in [3.8, 4) is 0 Å². The van der Waals surface area contributed by atoms with Crippen molar-refractivity contribution >= 4 is 27.4 Å². The molecule has 0 radical (unpaired) electrons. The molecule has 2 aromatic carbocycles. The molecule has 0 spiro atoms. The summed E-state index contributed by atoms with van der Waals surface area (Å²) in [5, 5.41) is 9.37. The van der Waals surface area contributed by atoms with Crippen LogP contribution in [0.2, 0.25) is 5.02 Å². The average Bonchev–Trinajstić information content (AvgIpc) is 2.64. The lowest BCUT2D eigenvalue weighted by Gasteiger charge is -2.40. The highest BCUT2D eigenvalue weighted by molar-refractivity contribution is 7.92. The normalized spacial score (nSPS) is 22.8. The number of rotatable bonds is 5. The highest BCUT2D eigenvalue weighted by Gasteiger charge is 2.50. The standard InChI is InChI=1S/C20H19ClF2O4S/c21-14-1-4-16(5-2-14)28(26,27)20(17-12-15(22)3-6-18(17)23)9-7-13(8-10-20)11-19(24)25/h1-6,12-13H,7-11H2,(H,24,25)/t13-,20-. The quantitative estimate of drug-likeness (QED) is 0.731. The zero-order valence-electron chi connectivity index (χ0n) is 14.9. The minimum Gasteiger partial charge on any atom is -0.481 e. The largest absolute Gasteiger partial charge is 0.481 e. The third kappa shape index (κ3) is 3.78. The van der Waals surface area contributed by atoms with Crippen LogP contribution in [0.4, 0.5) is 8.78 Å². The third-order valence-corrected chi connectivity index (χ3v) is 8.24. The number of carboxylic acid groups (broad SMARTS) is 1. The Hall–Kier alpha value is -1.99. The maximum atomic E-state index is 14.7. The lowest BCUT2D eigenvalue weighted by Crippen LogP contribution is -2.41. The van der Waals surface area contributed by atoms with E-state index >= 15 is 0 Å². The molecule has 8 heteroatoms. The predicted octanol–water partition coefficient (Wildman–Crippen LogP) is 4.95. The van der Waals surface area contributed by atoms with Crippen LogP contribution in [-0.2, 0) is 19.4 Å². The predicted molar refractivity (Wildman–Crippen MR) is 101 cm³/mol. The van der Waals surface area contributed by atoms with E-state index < -0.39 is 32.2 Å². The van der Waals surface area contributed by atoms with Crippen molar-refractivity contribution in [2.75, 3.05) is 0 Å². The second-order valence-electron chi connectivity index (χ2n) is 7.12. The summed E-state index contributed by atoms with van der Waals surface area (Å²) in [7, 11) is -4.10. The van der Waals surface area contributed by atoms with Gasteiger partial charge in [0.05, 0.1) is 4.90 Å². The first-order chi connectivity index (χ1) is 13.2. The number of halogens is 3. The van der Waals surface area contributed by atoms with E-state index in [0.29, 0.717) is 5.02 Å². The topological polar surface area (TPSA) is 71.4 Å². The maximum Gasteiger partial charge on any atom is 0.303 e. The molecule has 2 aromatic rings. The molecule has 1 aliphatic carbocycles. The van der Waals surface area contributed by atoms with E-state index in [0.717, 1.165) is 18.2 Å². The van der Waals surface area contributed by atoms with Crippen LogP contribution in [0, 0.1) is 17.6 Å². The molecule has 0 aromatic heterocycles. The van der Waals surface area contributed by atoms with E-state index in [2.05, 4.69) is 0 Å². The van der Waals surface area contributed by atoms with Gasteiger partial charge in [-0.1, -0.05) is 11.6 Å². The Kier molecular flexibility index (Phi) is 5.77. The molecule has 0 saturated heterocycles. The lowest BCUT2D eigenvalue weighted by molar-refractivity contribution is -0.138. The van der Waals surface area contributed by atoms with Crippen LogP contribution in [0.25, 0.3) is 0 Å². The minimum absolute atomic E-state index is 0.0102. The zero-order valence-corrected chi connectivity index (χ0v) is 16.4. The van der Waals surface area contributed by atoms with Gasteiger partial charge >= 0.3 is 5.97 Å². The summed E-state index contributed by atoms with van der Waals surface area (Å²) in [6, 6.07) is 8.35. The van der Waals surface area contributed by atoms with Crippen molar-refractivity contribution in [2.45, 2.75) is 41.7 Å². The molecular formula is C20H19ClF2O4S. The van der Waals surface area contributed by atoms with Crippen molar-refractivity contribution in [1.29, 1.82) is 0 Å². The highest BCUT2D eigenvalue weighted by Crippen LogP contribution is 2.49. The first kappa shape index (κ1) is 20.7. The lowest BCUT2D eigenvalue weighted by atomic mass is 9.76. The fourth-order valence-electron chi connectivity index (χ4n) is 3.96. The smallest absolute Gasteiger partial charge is 0.303 e. The van der Waals surface area contributed by atoms with Gasteiger partial charge in [-0.25, -0.2) is 17.2 Å². The fraction of sp³-hybridized carbons (Fsp3) is 0.350. The summed E-state index contributed by atoms with van der Waals surface area (Å²) >= 11 is 5.85. The minimum atomic E-state index is -4.10. The van der Waals surface area contributed by atoms with Crippen molar-refractivity contribution in [2.24, 2.45) is 5.92 Å². The number of carboxylic acids is 1. The van der Waals surface area contributed by atoms with Gasteiger partial charge in [-0.15, -0.1) is 0 Å². The number of hydrogen-bond acceptors (Lipinski definition) is 3. The van der Waals surface area contributed by atoms with Crippen LogP contribution in [0.5, 0.6) is 0 Å². The number of sulfone groups is 1. The fourth-order valence-corrected chi connectivity index (χ4v) is 6.25. The van der Waals surface area contributed by atoms with Gasteiger partial charge in [0.25, 0.3) is 0 Å². The van der Waals surface area contributed by atoms with Gasteiger partial charge in [0.1, 0.15) is 16.4 Å². The van der Waals surface area contributed by atoms with Crippen molar-refractivity contribution in [1.82, 2.24) is 0 Å². The molecule has 150 valence electrons. The van der Waals surface area contributed by atoms with Crippen LogP contribution >= 0.6 is 11.6 Å². The summed E-state index contributed by atoms with van der Waals surface area (Å²) < 4.78 is 54.0. The van der Waals surface area contributed by atoms with E-state index in [1.54, 1.807) is 0 Å². The summed E-state index contributed by atoms with van der Waals surface area (Å²) in [6.45, 7) is 0. The van der Waals surface area contributed by atoms with Gasteiger partial charge in [-0.2, -0.15) is 0 Å². The summed E-state index contributed by atoms with van der Waals surface area (Å²) in [5.41, 5.74) is -0.212.